The molecule has 0 aromatic rings. The van der Waals surface area contributed by atoms with Gasteiger partial charge in [-0.25, -0.2) is 0 Å². The first-order chi connectivity index (χ1) is 5.54. The van der Waals surface area contributed by atoms with E-state index in [0.717, 1.165) is 0 Å². The Kier molecular flexibility index (Phi) is 15.6. The molecule has 6 nitrogen and oxygen atoms in total. The molecule has 1 atom stereocenters. The van der Waals surface area contributed by atoms with E-state index in [1.54, 1.807) is 0 Å². The van der Waals surface area contributed by atoms with Crippen molar-refractivity contribution < 1.29 is 53.4 Å². The summed E-state index contributed by atoms with van der Waals surface area (Å²) in [5, 5.41) is 10.1. The summed E-state index contributed by atoms with van der Waals surface area (Å²) in [6, 6.07) is -0.931. The molecule has 0 unspecified atom stereocenters. The van der Waals surface area contributed by atoms with Gasteiger partial charge in [0, 0.05) is 12.6 Å². The van der Waals surface area contributed by atoms with Gasteiger partial charge < -0.3 is 51.1 Å². The average Bonchev–Trinajstić information content (AvgIpc) is 1.97. The van der Waals surface area contributed by atoms with Crippen LogP contribution in [0.3, 0.4) is 0 Å². The first kappa shape index (κ1) is 19.6. The summed E-state index contributed by atoms with van der Waals surface area (Å²) in [4.78, 5) is 13.8. The Morgan fingerprint density at radius 2 is 1.93 bits per heavy atom. The Hall–Kier alpha value is 0.0534. The van der Waals surface area contributed by atoms with E-state index < -0.39 is 12.0 Å². The number of hydrogen-bond acceptors (Lipinski definition) is 4. The molecule has 0 aromatic heterocycles. The molecule has 0 saturated carbocycles. The number of carboxylic acid groups (broad SMARTS) is 1. The number of aliphatic carboxylic acids is 1. The summed E-state index contributed by atoms with van der Waals surface area (Å²) in [6.07, 6.45) is 0.853. The minimum absolute atomic E-state index is 0. The van der Waals surface area contributed by atoms with E-state index in [1.807, 2.05) is 0 Å². The summed E-state index contributed by atoms with van der Waals surface area (Å²) >= 11 is 0. The normalized spacial score (nSPS) is 10.4. The number of aliphatic imine (C=N–C) groups is 1. The van der Waals surface area contributed by atoms with Gasteiger partial charge in [0.1, 0.15) is 0 Å². The molecule has 0 aliphatic heterocycles. The topological polar surface area (TPSA) is 131 Å². The zero-order valence-corrected chi connectivity index (χ0v) is 12.9. The summed E-state index contributed by atoms with van der Waals surface area (Å²) < 4.78 is 0. The fourth-order valence-electron chi connectivity index (χ4n) is 0.637. The van der Waals surface area contributed by atoms with E-state index in [0.29, 0.717) is 19.4 Å². The Morgan fingerprint density at radius 1 is 1.43 bits per heavy atom. The molecule has 0 rings (SSSR count). The van der Waals surface area contributed by atoms with E-state index in [2.05, 4.69) is 4.99 Å². The van der Waals surface area contributed by atoms with Crippen LogP contribution in [0.15, 0.2) is 4.99 Å². The van der Waals surface area contributed by atoms with Gasteiger partial charge >= 0.3 is 19.5 Å². The van der Waals surface area contributed by atoms with Crippen molar-refractivity contribution in [2.24, 2.45) is 22.2 Å². The number of carboxylic acids is 1. The molecule has 0 aromatic carbocycles. The Balaban J connectivity index is -0.000000605. The molecule has 8 heteroatoms. The monoisotopic (exact) mass is 364 g/mol. The van der Waals surface area contributed by atoms with Crippen LogP contribution in [0.25, 0.3) is 0 Å². The molecule has 78 valence electrons. The van der Waals surface area contributed by atoms with Crippen molar-refractivity contribution in [3.05, 3.63) is 0 Å². The molecule has 0 fully saturated rings. The van der Waals surface area contributed by atoms with Crippen LogP contribution in [0.2, 0.25) is 0 Å². The van der Waals surface area contributed by atoms with Gasteiger partial charge in [0.05, 0.1) is 5.97 Å². The van der Waals surface area contributed by atoms with Crippen molar-refractivity contribution in [3.63, 3.8) is 0 Å². The molecule has 0 aliphatic carbocycles. The van der Waals surface area contributed by atoms with Gasteiger partial charge in [0.15, 0.2) is 5.96 Å². The maximum absolute atomic E-state index is 10.1. The minimum atomic E-state index is -1.25. The number of nitrogens with zero attached hydrogens (tertiary/aromatic N) is 1. The molecule has 14 heavy (non-hydrogen) atoms. The van der Waals surface area contributed by atoms with Crippen LogP contribution in [-0.2, 0) is 24.3 Å². The van der Waals surface area contributed by atoms with Crippen LogP contribution >= 0.6 is 0 Å². The van der Waals surface area contributed by atoms with Crippen LogP contribution in [0.4, 0.5) is 0 Å². The molecule has 0 spiro atoms. The summed E-state index contributed by atoms with van der Waals surface area (Å²) in [6.45, 7) is 0.392. The smallest absolute Gasteiger partial charge is 1.00 e. The minimum Gasteiger partial charge on any atom is -1.00 e. The maximum Gasteiger partial charge on any atom is 2.00 e. The van der Waals surface area contributed by atoms with E-state index >= 15 is 0 Å². The largest absolute Gasteiger partial charge is 2.00 e. The van der Waals surface area contributed by atoms with Crippen LogP contribution < -0.4 is 46.3 Å². The third-order valence-electron chi connectivity index (χ3n) is 1.27. The molecule has 0 radical (unpaired) electrons. The molecule has 0 heterocycles. The van der Waals surface area contributed by atoms with Crippen molar-refractivity contribution in [2.45, 2.75) is 18.9 Å². The second-order valence-electron chi connectivity index (χ2n) is 2.37. The zero-order valence-electron chi connectivity index (χ0n) is 7.78. The van der Waals surface area contributed by atoms with Crippen molar-refractivity contribution in [3.8, 4) is 0 Å². The first-order valence-electron chi connectivity index (χ1n) is 3.56. The van der Waals surface area contributed by atoms with Gasteiger partial charge in [-0.2, -0.15) is 0 Å². The quantitative estimate of drug-likeness (QED) is 0.147. The summed E-state index contributed by atoms with van der Waals surface area (Å²) in [7, 11) is 0. The van der Waals surface area contributed by atoms with Crippen LogP contribution in [0.5, 0.6) is 0 Å². The predicted octanol–water partition coefficient (Wildman–Crippen LogP) is -5.88. The predicted molar refractivity (Wildman–Crippen MR) is 42.9 cm³/mol. The standard InChI is InChI=1S/C6H14N4O2.HI.Zn/c7-4(5(11)12)2-1-3-10-6(8)9;;/h4H,1-3,7H2,(H,11,12)(H4,8,9,10);1H;/q;;+2/p-2/t4-;;/m0../s1. The number of guanidine groups is 1. The summed E-state index contributed by atoms with van der Waals surface area (Å²) in [5.74, 6) is -1.25. The number of carbonyl (C=O) groups excluding carboxylic acids is 1. The van der Waals surface area contributed by atoms with Crippen molar-refractivity contribution in [2.75, 3.05) is 6.54 Å². The van der Waals surface area contributed by atoms with Crippen LogP contribution in [-0.4, -0.2) is 24.5 Å². The number of nitrogens with two attached hydrogens (primary N) is 3. The Labute approximate surface area is 112 Å². The Bertz CT molecular complexity index is 187. The second-order valence-corrected chi connectivity index (χ2v) is 2.37. The van der Waals surface area contributed by atoms with Gasteiger partial charge in [-0.05, 0) is 12.8 Å². The van der Waals surface area contributed by atoms with Gasteiger partial charge in [-0.3, -0.25) is 4.99 Å². The van der Waals surface area contributed by atoms with E-state index in [4.69, 9.17) is 17.2 Å². The SMILES string of the molecule is NC(N)=NCCC[C@H](N)C(=O)[O-].[I-].[Zn+2]. The fourth-order valence-corrected chi connectivity index (χ4v) is 0.637. The molecule has 0 bridgehead atoms. The molecule has 0 aliphatic rings. The summed E-state index contributed by atoms with van der Waals surface area (Å²) in [5.41, 5.74) is 15.2. The third-order valence-corrected chi connectivity index (χ3v) is 1.27. The molecular formula is C6H13IN4O2Zn. The van der Waals surface area contributed by atoms with Crippen molar-refractivity contribution >= 4 is 11.9 Å². The third kappa shape index (κ3) is 12.1. The number of halogens is 1. The average molecular weight is 365 g/mol. The van der Waals surface area contributed by atoms with E-state index in [-0.39, 0.29) is 49.4 Å². The number of rotatable bonds is 5. The van der Waals surface area contributed by atoms with Crippen LogP contribution in [0.1, 0.15) is 12.8 Å². The zero-order chi connectivity index (χ0) is 9.56. The van der Waals surface area contributed by atoms with Gasteiger partial charge in [0.25, 0.3) is 0 Å². The van der Waals surface area contributed by atoms with Gasteiger partial charge in [-0.1, -0.05) is 0 Å². The van der Waals surface area contributed by atoms with E-state index in [9.17, 15) is 9.90 Å². The number of hydrogen-bond donors (Lipinski definition) is 3. The second kappa shape index (κ2) is 11.1. The van der Waals surface area contributed by atoms with Crippen molar-refractivity contribution in [1.82, 2.24) is 0 Å². The fraction of sp³-hybridized carbons (Fsp3) is 0.667. The van der Waals surface area contributed by atoms with Crippen molar-refractivity contribution in [1.29, 1.82) is 0 Å². The molecule has 0 saturated heterocycles. The van der Waals surface area contributed by atoms with Crippen LogP contribution in [0, 0.1) is 0 Å². The molecular weight excluding hydrogens is 352 g/mol. The van der Waals surface area contributed by atoms with Gasteiger partial charge in [0.2, 0.25) is 0 Å². The number of carbonyl (C=O) groups is 1. The maximum atomic E-state index is 10.1. The Morgan fingerprint density at radius 3 is 2.29 bits per heavy atom. The first-order valence-corrected chi connectivity index (χ1v) is 3.56. The molecule has 6 N–H and O–H groups in total. The van der Waals surface area contributed by atoms with Gasteiger partial charge in [-0.15, -0.1) is 0 Å². The molecule has 0 amide bonds. The van der Waals surface area contributed by atoms with E-state index in [1.165, 1.54) is 0 Å².